The van der Waals surface area contributed by atoms with Gasteiger partial charge in [0.05, 0.1) is 25.0 Å². The number of rotatable bonds is 9. The smallest absolute Gasteiger partial charge is 0.246 e. The first-order chi connectivity index (χ1) is 19.9. The molecule has 0 aromatic heterocycles. The number of nitrogens with zero attached hydrogens (tertiary/aromatic N) is 2. The lowest BCUT2D eigenvalue weighted by atomic mass is 9.74. The molecule has 1 spiro atoms. The fourth-order valence-corrected chi connectivity index (χ4v) is 7.89. The summed E-state index contributed by atoms with van der Waals surface area (Å²) in [6.45, 7) is 5.81. The number of anilines is 1. The molecule has 6 rings (SSSR count). The van der Waals surface area contributed by atoms with Crippen molar-refractivity contribution in [3.8, 4) is 5.75 Å². The van der Waals surface area contributed by atoms with Crippen LogP contribution in [0.3, 0.4) is 0 Å². The molecule has 0 radical (unpaired) electrons. The maximum atomic E-state index is 14.2. The number of amides is 3. The first-order valence-electron chi connectivity index (χ1n) is 15.5. The fraction of sp³-hybridized carbons (Fsp3) is 0.656. The molecule has 1 aliphatic carbocycles. The van der Waals surface area contributed by atoms with Gasteiger partial charge in [-0.2, -0.15) is 0 Å². The Hall–Kier alpha value is -2.91. The largest absolute Gasteiger partial charge is 0.497 e. The number of piperidine rings is 1. The van der Waals surface area contributed by atoms with E-state index in [1.165, 1.54) is 19.3 Å². The summed E-state index contributed by atoms with van der Waals surface area (Å²) in [4.78, 5) is 46.0. The molecule has 1 saturated carbocycles. The van der Waals surface area contributed by atoms with Crippen LogP contribution < -0.4 is 15.4 Å². The quantitative estimate of drug-likeness (QED) is 0.447. The van der Waals surface area contributed by atoms with Crippen LogP contribution >= 0.6 is 0 Å². The van der Waals surface area contributed by atoms with Crippen molar-refractivity contribution in [3.05, 3.63) is 36.4 Å². The Morgan fingerprint density at radius 2 is 1.83 bits per heavy atom. The Kier molecular flexibility index (Phi) is 8.10. The molecule has 41 heavy (non-hydrogen) atoms. The number of nitrogens with one attached hydrogen (secondary N) is 2. The number of hydrogen-bond acceptors (Lipinski definition) is 6. The molecule has 1 aromatic rings. The van der Waals surface area contributed by atoms with Crippen LogP contribution in [0.15, 0.2) is 36.4 Å². The van der Waals surface area contributed by atoms with Gasteiger partial charge in [-0.3, -0.25) is 14.4 Å². The van der Waals surface area contributed by atoms with Crippen molar-refractivity contribution in [2.75, 3.05) is 38.6 Å². The molecule has 2 N–H and O–H groups in total. The fourth-order valence-electron chi connectivity index (χ4n) is 7.89. The average molecular weight is 565 g/mol. The summed E-state index contributed by atoms with van der Waals surface area (Å²) in [5, 5.41) is 6.25. The summed E-state index contributed by atoms with van der Waals surface area (Å²) in [6.07, 6.45) is 11.8. The number of fused-ring (bicyclic) bond motifs is 1. The van der Waals surface area contributed by atoms with E-state index in [4.69, 9.17) is 9.47 Å². The van der Waals surface area contributed by atoms with Gasteiger partial charge < -0.3 is 29.9 Å². The number of benzene rings is 1. The molecule has 3 saturated heterocycles. The molecule has 4 fully saturated rings. The maximum Gasteiger partial charge on any atom is 0.246 e. The third-order valence-electron chi connectivity index (χ3n) is 9.85. The summed E-state index contributed by atoms with van der Waals surface area (Å²) in [7, 11) is 1.59. The Morgan fingerprint density at radius 1 is 1.05 bits per heavy atom. The minimum absolute atomic E-state index is 0.121. The van der Waals surface area contributed by atoms with E-state index in [0.29, 0.717) is 23.9 Å². The average Bonchev–Trinajstić information content (AvgIpc) is 3.61. The number of carbonyl (C=O) groups is 3. The standard InChI is InChI=1S/C32H44N4O5/c1-21-8-6-17-35(20-21)18-7-19-36-28(30(38)34-22-9-4-3-5-10-22)32-16-15-25(41-32)26(27(32)31(36)39)29(37)33-23-11-13-24(40-2)14-12-23/h11-16,21-22,25-28H,3-10,17-20H2,1-2H3,(H,33,37)(H,34,38)/t21-,25-,26+,27-,28-,32-/m1/s1. The van der Waals surface area contributed by atoms with Crippen molar-refractivity contribution in [3.63, 3.8) is 0 Å². The summed E-state index contributed by atoms with van der Waals surface area (Å²) in [5.41, 5.74) is -0.497. The maximum absolute atomic E-state index is 14.2. The van der Waals surface area contributed by atoms with Crippen LogP contribution in [0.4, 0.5) is 5.69 Å². The van der Waals surface area contributed by atoms with E-state index in [1.807, 2.05) is 12.2 Å². The van der Waals surface area contributed by atoms with E-state index < -0.39 is 29.6 Å². The Labute approximate surface area is 243 Å². The molecule has 3 amide bonds. The predicted octanol–water partition coefficient (Wildman–Crippen LogP) is 3.36. The summed E-state index contributed by atoms with van der Waals surface area (Å²) in [5.74, 6) is -0.618. The van der Waals surface area contributed by atoms with Gasteiger partial charge in [0.25, 0.3) is 0 Å². The van der Waals surface area contributed by atoms with Crippen molar-refractivity contribution in [2.24, 2.45) is 17.8 Å². The van der Waals surface area contributed by atoms with Gasteiger partial charge in [0, 0.05) is 24.8 Å². The van der Waals surface area contributed by atoms with Crippen LogP contribution in [0.2, 0.25) is 0 Å². The van der Waals surface area contributed by atoms with E-state index in [1.54, 1.807) is 36.3 Å². The molecule has 6 atom stereocenters. The third kappa shape index (κ3) is 5.39. The molecule has 4 aliphatic heterocycles. The number of ether oxygens (including phenoxy) is 2. The van der Waals surface area contributed by atoms with Crippen molar-refractivity contribution < 1.29 is 23.9 Å². The first kappa shape index (κ1) is 28.2. The van der Waals surface area contributed by atoms with Gasteiger partial charge in [-0.1, -0.05) is 38.3 Å². The zero-order chi connectivity index (χ0) is 28.6. The van der Waals surface area contributed by atoms with E-state index in [2.05, 4.69) is 22.5 Å². The van der Waals surface area contributed by atoms with Gasteiger partial charge in [-0.15, -0.1) is 0 Å². The molecule has 9 nitrogen and oxygen atoms in total. The number of hydrogen-bond donors (Lipinski definition) is 2. The predicted molar refractivity (Wildman–Crippen MR) is 155 cm³/mol. The van der Waals surface area contributed by atoms with Crippen LogP contribution in [0, 0.1) is 17.8 Å². The molecule has 4 heterocycles. The van der Waals surface area contributed by atoms with Gasteiger partial charge in [-0.05, 0) is 75.4 Å². The van der Waals surface area contributed by atoms with Crippen molar-refractivity contribution in [1.82, 2.24) is 15.1 Å². The molecule has 1 aromatic carbocycles. The number of methoxy groups -OCH3 is 1. The molecular formula is C32H44N4O5. The highest BCUT2D eigenvalue weighted by Gasteiger charge is 2.72. The highest BCUT2D eigenvalue weighted by atomic mass is 16.5. The van der Waals surface area contributed by atoms with Gasteiger partial charge in [0.15, 0.2) is 0 Å². The van der Waals surface area contributed by atoms with E-state index in [-0.39, 0.29) is 23.8 Å². The van der Waals surface area contributed by atoms with Gasteiger partial charge in [0.1, 0.15) is 17.4 Å². The van der Waals surface area contributed by atoms with E-state index in [0.717, 1.165) is 51.7 Å². The van der Waals surface area contributed by atoms with Gasteiger partial charge in [-0.25, -0.2) is 0 Å². The van der Waals surface area contributed by atoms with Crippen LogP contribution in [0.25, 0.3) is 0 Å². The minimum atomic E-state index is -1.12. The molecule has 0 unspecified atom stereocenters. The van der Waals surface area contributed by atoms with Crippen molar-refractivity contribution in [1.29, 1.82) is 0 Å². The van der Waals surface area contributed by atoms with Crippen LogP contribution in [-0.4, -0.2) is 84.6 Å². The van der Waals surface area contributed by atoms with Crippen LogP contribution in [0.5, 0.6) is 5.75 Å². The van der Waals surface area contributed by atoms with Gasteiger partial charge in [0.2, 0.25) is 17.7 Å². The topological polar surface area (TPSA) is 100 Å². The Morgan fingerprint density at radius 3 is 2.56 bits per heavy atom. The second kappa shape index (κ2) is 11.8. The zero-order valence-electron chi connectivity index (χ0n) is 24.3. The second-order valence-electron chi connectivity index (χ2n) is 12.7. The minimum Gasteiger partial charge on any atom is -0.497 e. The van der Waals surface area contributed by atoms with Gasteiger partial charge >= 0.3 is 0 Å². The van der Waals surface area contributed by atoms with Crippen LogP contribution in [0.1, 0.15) is 58.3 Å². The highest BCUT2D eigenvalue weighted by molar-refractivity contribution is 6.02. The summed E-state index contributed by atoms with van der Waals surface area (Å²) < 4.78 is 11.7. The molecule has 9 heteroatoms. The molecule has 222 valence electrons. The van der Waals surface area contributed by atoms with Crippen molar-refractivity contribution >= 4 is 23.4 Å². The zero-order valence-corrected chi connectivity index (χ0v) is 24.3. The second-order valence-corrected chi connectivity index (χ2v) is 12.7. The highest BCUT2D eigenvalue weighted by Crippen LogP contribution is 2.55. The number of likely N-dealkylation sites (tertiary alicyclic amines) is 2. The molecular weight excluding hydrogens is 520 g/mol. The monoisotopic (exact) mass is 564 g/mol. The number of carbonyl (C=O) groups excluding carboxylic acids is 3. The Balaban J connectivity index is 1.22. The van der Waals surface area contributed by atoms with Crippen LogP contribution in [-0.2, 0) is 19.1 Å². The SMILES string of the molecule is COc1ccc(NC(=O)[C@H]2[C@H]3C=C[C@@]4(O3)[C@H]2C(=O)N(CCCN2CCC[C@@H](C)C2)[C@@H]4C(=O)NC2CCCCC2)cc1. The normalized spacial score (nSPS) is 33.2. The lowest BCUT2D eigenvalue weighted by Gasteiger charge is -2.35. The molecule has 5 aliphatic rings. The van der Waals surface area contributed by atoms with E-state index >= 15 is 0 Å². The Bertz CT molecular complexity index is 1170. The first-order valence-corrected chi connectivity index (χ1v) is 15.5. The lowest BCUT2D eigenvalue weighted by molar-refractivity contribution is -0.141. The molecule has 2 bridgehead atoms. The summed E-state index contributed by atoms with van der Waals surface area (Å²) >= 11 is 0. The summed E-state index contributed by atoms with van der Waals surface area (Å²) in [6, 6.07) is 6.47. The lowest BCUT2D eigenvalue weighted by Crippen LogP contribution is -2.56. The van der Waals surface area contributed by atoms with Crippen molar-refractivity contribution in [2.45, 2.75) is 82.1 Å². The third-order valence-corrected chi connectivity index (χ3v) is 9.85. The van der Waals surface area contributed by atoms with E-state index in [9.17, 15) is 14.4 Å².